The van der Waals surface area contributed by atoms with Crippen LogP contribution in [0.5, 0.6) is 0 Å². The van der Waals surface area contributed by atoms with Gasteiger partial charge in [-0.1, -0.05) is 60.7 Å². The summed E-state index contributed by atoms with van der Waals surface area (Å²) in [6.45, 7) is 0.407. The minimum absolute atomic E-state index is 0.319. The van der Waals surface area contributed by atoms with Crippen molar-refractivity contribution in [2.45, 2.75) is 6.54 Å². The molecule has 0 bridgehead atoms. The molecule has 10 nitrogen and oxygen atoms in total. The summed E-state index contributed by atoms with van der Waals surface area (Å²) in [5.41, 5.74) is 8.16. The Hall–Kier alpha value is -5.12. The highest BCUT2D eigenvalue weighted by Gasteiger charge is 2.12. The first-order valence-corrected chi connectivity index (χ1v) is 10.8. The predicted molar refractivity (Wildman–Crippen MR) is 127 cm³/mol. The van der Waals surface area contributed by atoms with Crippen LogP contribution in [0, 0.1) is 0 Å². The molecule has 0 radical (unpaired) electrons. The molecular weight excluding hydrogens is 444 g/mol. The van der Waals surface area contributed by atoms with Crippen molar-refractivity contribution in [3.63, 3.8) is 0 Å². The molecule has 2 N–H and O–H groups in total. The van der Waals surface area contributed by atoms with Gasteiger partial charge in [0.2, 0.25) is 5.82 Å². The summed E-state index contributed by atoms with van der Waals surface area (Å²) in [4.78, 5) is 26.3. The first-order chi connectivity index (χ1) is 17.2. The van der Waals surface area contributed by atoms with E-state index in [1.54, 1.807) is 35.1 Å². The minimum Gasteiger partial charge on any atom is -0.267 e. The summed E-state index contributed by atoms with van der Waals surface area (Å²) in [5.74, 6) is -0.360. The molecule has 0 aliphatic rings. The van der Waals surface area contributed by atoms with Gasteiger partial charge in [-0.15, -0.1) is 10.2 Å². The van der Waals surface area contributed by atoms with E-state index in [0.29, 0.717) is 23.5 Å². The normalized spacial score (nSPS) is 10.6. The van der Waals surface area contributed by atoms with E-state index in [0.717, 1.165) is 16.8 Å². The Morgan fingerprint density at radius 3 is 2.14 bits per heavy atom. The van der Waals surface area contributed by atoms with E-state index in [4.69, 9.17) is 0 Å². The highest BCUT2D eigenvalue weighted by Crippen LogP contribution is 2.13. The third kappa shape index (κ3) is 5.11. The average Bonchev–Trinajstić information content (AvgIpc) is 3.59. The molecule has 172 valence electrons. The molecule has 0 unspecified atom stereocenters. The van der Waals surface area contributed by atoms with Crippen LogP contribution >= 0.6 is 0 Å². The topological polar surface area (TPSA) is 120 Å². The number of aromatic nitrogens is 6. The molecule has 3 aromatic carbocycles. The van der Waals surface area contributed by atoms with E-state index in [-0.39, 0.29) is 0 Å². The Kier molecular flexibility index (Phi) is 6.07. The molecule has 0 aliphatic heterocycles. The van der Waals surface area contributed by atoms with Crippen LogP contribution in [0.3, 0.4) is 0 Å². The van der Waals surface area contributed by atoms with Gasteiger partial charge in [-0.05, 0) is 35.0 Å². The molecule has 0 atom stereocenters. The molecule has 2 amide bonds. The second-order valence-corrected chi connectivity index (χ2v) is 7.62. The maximum absolute atomic E-state index is 12.5. The Morgan fingerprint density at radius 2 is 1.43 bits per heavy atom. The number of nitrogens with one attached hydrogen (secondary N) is 2. The first kappa shape index (κ1) is 21.7. The highest BCUT2D eigenvalue weighted by atomic mass is 16.2. The second kappa shape index (κ2) is 9.79. The van der Waals surface area contributed by atoms with Gasteiger partial charge < -0.3 is 0 Å². The lowest BCUT2D eigenvalue weighted by molar-refractivity contribution is 0.0846. The van der Waals surface area contributed by atoms with E-state index in [1.165, 1.54) is 11.0 Å². The van der Waals surface area contributed by atoms with Crippen molar-refractivity contribution < 1.29 is 9.59 Å². The van der Waals surface area contributed by atoms with E-state index in [2.05, 4.69) is 31.4 Å². The number of benzene rings is 3. The summed E-state index contributed by atoms with van der Waals surface area (Å²) >= 11 is 0. The number of carbonyl (C=O) groups is 2. The molecular formula is C25H20N8O2. The zero-order chi connectivity index (χ0) is 24.0. The number of rotatable bonds is 6. The van der Waals surface area contributed by atoms with Gasteiger partial charge in [0.15, 0.2) is 0 Å². The Labute approximate surface area is 200 Å². The lowest BCUT2D eigenvalue weighted by Crippen LogP contribution is -2.41. The molecule has 5 aromatic rings. The van der Waals surface area contributed by atoms with Crippen molar-refractivity contribution >= 4 is 11.8 Å². The molecule has 0 aliphatic carbocycles. The zero-order valence-corrected chi connectivity index (χ0v) is 18.4. The number of tetrazole rings is 1. The largest absolute Gasteiger partial charge is 0.272 e. The van der Waals surface area contributed by atoms with Crippen LogP contribution in [0.4, 0.5) is 0 Å². The monoisotopic (exact) mass is 464 g/mol. The van der Waals surface area contributed by atoms with Crippen molar-refractivity contribution in [3.8, 4) is 17.1 Å². The van der Waals surface area contributed by atoms with Crippen LogP contribution in [0.15, 0.2) is 97.3 Å². The van der Waals surface area contributed by atoms with Gasteiger partial charge in [0.1, 0.15) is 0 Å². The molecule has 10 heteroatoms. The lowest BCUT2D eigenvalue weighted by Gasteiger charge is -2.07. The molecule has 5 rings (SSSR count). The summed E-state index contributed by atoms with van der Waals surface area (Å²) < 4.78 is 1.59. The van der Waals surface area contributed by atoms with Crippen molar-refractivity contribution in [1.29, 1.82) is 0 Å². The van der Waals surface area contributed by atoms with Crippen LogP contribution in [0.25, 0.3) is 17.1 Å². The third-order valence-corrected chi connectivity index (χ3v) is 5.18. The number of para-hydroxylation sites is 1. The van der Waals surface area contributed by atoms with Gasteiger partial charge >= 0.3 is 0 Å². The zero-order valence-electron chi connectivity index (χ0n) is 18.4. The van der Waals surface area contributed by atoms with Gasteiger partial charge in [0.25, 0.3) is 11.8 Å². The second-order valence-electron chi connectivity index (χ2n) is 7.62. The van der Waals surface area contributed by atoms with Gasteiger partial charge in [0.05, 0.1) is 24.0 Å². The van der Waals surface area contributed by atoms with Crippen molar-refractivity contribution in [2.75, 3.05) is 0 Å². The Morgan fingerprint density at radius 1 is 0.771 bits per heavy atom. The molecule has 0 saturated heterocycles. The van der Waals surface area contributed by atoms with Crippen LogP contribution in [0.2, 0.25) is 0 Å². The van der Waals surface area contributed by atoms with Gasteiger partial charge in [-0.3, -0.25) is 20.4 Å². The number of hydrazine groups is 1. The molecule has 2 aromatic heterocycles. The fraction of sp³-hybridized carbons (Fsp3) is 0.0400. The van der Waals surface area contributed by atoms with Crippen LogP contribution < -0.4 is 10.9 Å². The molecule has 0 fully saturated rings. The Balaban J connectivity index is 1.16. The number of carbonyl (C=O) groups excluding carboxylic acids is 2. The number of hydrogen-bond acceptors (Lipinski definition) is 6. The maximum atomic E-state index is 12.5. The summed E-state index contributed by atoms with van der Waals surface area (Å²) in [7, 11) is 0. The minimum atomic E-state index is -0.469. The molecule has 0 spiro atoms. The van der Waals surface area contributed by atoms with Gasteiger partial charge in [-0.25, -0.2) is 4.68 Å². The first-order valence-electron chi connectivity index (χ1n) is 10.8. The maximum Gasteiger partial charge on any atom is 0.272 e. The Bertz CT molecular complexity index is 1440. The van der Waals surface area contributed by atoms with Gasteiger partial charge in [0, 0.05) is 17.3 Å². The van der Waals surface area contributed by atoms with E-state index < -0.39 is 11.8 Å². The summed E-state index contributed by atoms with van der Waals surface area (Å²) in [5, 5.41) is 16.7. The average molecular weight is 464 g/mol. The van der Waals surface area contributed by atoms with E-state index >= 15 is 0 Å². The SMILES string of the molecule is O=C(NNC(=O)c1cnn(-c2ccccc2)c1)c1ccc(Cn2nnc(-c3ccccc3)n2)cc1. The van der Waals surface area contributed by atoms with E-state index in [1.807, 2.05) is 60.7 Å². The van der Waals surface area contributed by atoms with Gasteiger partial charge in [-0.2, -0.15) is 9.90 Å². The highest BCUT2D eigenvalue weighted by molar-refractivity contribution is 5.98. The smallest absolute Gasteiger partial charge is 0.267 e. The number of hydrogen-bond donors (Lipinski definition) is 2. The van der Waals surface area contributed by atoms with Crippen molar-refractivity contribution in [1.82, 2.24) is 40.8 Å². The number of nitrogens with zero attached hydrogens (tertiary/aromatic N) is 6. The standard InChI is InChI=1S/C25H20N8O2/c34-24(28-29-25(35)21-15-26-32(17-21)22-9-5-2-6-10-22)20-13-11-18(12-14-20)16-33-30-23(27-31-33)19-7-3-1-4-8-19/h1-15,17H,16H2,(H,28,34)(H,29,35). The molecule has 35 heavy (non-hydrogen) atoms. The summed E-state index contributed by atoms with van der Waals surface area (Å²) in [6, 6.07) is 25.9. The lowest BCUT2D eigenvalue weighted by atomic mass is 10.1. The molecule has 0 saturated carbocycles. The van der Waals surface area contributed by atoms with Crippen molar-refractivity contribution in [3.05, 3.63) is 114 Å². The predicted octanol–water partition coefficient (Wildman–Crippen LogP) is 2.65. The van der Waals surface area contributed by atoms with E-state index in [9.17, 15) is 9.59 Å². The van der Waals surface area contributed by atoms with Crippen LogP contribution in [-0.4, -0.2) is 41.8 Å². The summed E-state index contributed by atoms with van der Waals surface area (Å²) in [6.07, 6.45) is 3.03. The van der Waals surface area contributed by atoms with Crippen LogP contribution in [0.1, 0.15) is 26.3 Å². The fourth-order valence-electron chi connectivity index (χ4n) is 3.36. The van der Waals surface area contributed by atoms with Crippen LogP contribution in [-0.2, 0) is 6.54 Å². The number of amides is 2. The third-order valence-electron chi connectivity index (χ3n) is 5.18. The van der Waals surface area contributed by atoms with Crippen molar-refractivity contribution in [2.24, 2.45) is 0 Å². The molecule has 2 heterocycles. The quantitative estimate of drug-likeness (QED) is 0.373. The fourth-order valence-corrected chi connectivity index (χ4v) is 3.36.